The molecule has 0 N–H and O–H groups in total. The number of nitrogens with zero attached hydrogens (tertiary/aromatic N) is 3. The number of benzene rings is 4. The Kier molecular flexibility index (Phi) is 7.77. The Morgan fingerprint density at radius 3 is 2.40 bits per heavy atom. The molecule has 1 aliphatic rings. The highest BCUT2D eigenvalue weighted by Gasteiger charge is 2.31. The van der Waals surface area contributed by atoms with Crippen LogP contribution in [0.3, 0.4) is 0 Å². The predicted octanol–water partition coefficient (Wildman–Crippen LogP) is 8.71. The lowest BCUT2D eigenvalue weighted by Gasteiger charge is -2.39. The maximum atomic E-state index is 15.3. The number of ether oxygens (including phenoxy) is 1. The highest BCUT2D eigenvalue weighted by molar-refractivity contribution is 7.98. The lowest BCUT2D eigenvalue weighted by molar-refractivity contribution is -0.137. The van der Waals surface area contributed by atoms with Crippen molar-refractivity contribution in [3.63, 3.8) is 0 Å². The molecule has 0 radical (unpaired) electrons. The Morgan fingerprint density at radius 1 is 1.02 bits per heavy atom. The van der Waals surface area contributed by atoms with E-state index in [0.717, 1.165) is 24.3 Å². The standard InChI is InChI=1S/C41H40F5N3O3S/c1-27-6-15-36-34(22-27)37(50)23-39(53-26-31-4-3-5-35(42)40(31)43)49(36)25-38(51)48(33-16-18-47(19-17-33)20-21-52-2)24-28-7-9-29(10-8-28)30-11-13-32(14-12-30)41(44,45)46/h3-15,22-23,33H,16-21,24-26H2,1-2H3/i2D3,6D,15D,22D,23D,24D2,25D2,26D2. The lowest BCUT2D eigenvalue weighted by atomic mass is 10.00. The Balaban J connectivity index is 1.53. The molecular weight excluding hydrogens is 710 g/mol. The van der Waals surface area contributed by atoms with Crippen LogP contribution < -0.4 is 5.43 Å². The predicted molar refractivity (Wildman–Crippen MR) is 198 cm³/mol. The summed E-state index contributed by atoms with van der Waals surface area (Å²) in [5.41, 5.74) is -7.12. The molecule has 53 heavy (non-hydrogen) atoms. The van der Waals surface area contributed by atoms with Crippen LogP contribution in [-0.2, 0) is 34.4 Å². The number of carbonyl (C=O) groups excluding carboxylic acids is 1. The smallest absolute Gasteiger partial charge is 0.383 e. The van der Waals surface area contributed by atoms with Gasteiger partial charge in [-0.15, -0.1) is 11.8 Å². The maximum Gasteiger partial charge on any atom is 0.416 e. The summed E-state index contributed by atoms with van der Waals surface area (Å²) in [5.74, 6) is -4.87. The fourth-order valence-electron chi connectivity index (χ4n) is 5.77. The van der Waals surface area contributed by atoms with Gasteiger partial charge in [0.2, 0.25) is 5.91 Å². The van der Waals surface area contributed by atoms with Crippen LogP contribution in [0.15, 0.2) is 101 Å². The Labute approximate surface area is 327 Å². The van der Waals surface area contributed by atoms with Gasteiger partial charge in [0.05, 0.1) is 37.8 Å². The van der Waals surface area contributed by atoms with Gasteiger partial charge in [0, 0.05) is 64.6 Å². The van der Waals surface area contributed by atoms with E-state index in [4.69, 9.17) is 17.1 Å². The van der Waals surface area contributed by atoms with Gasteiger partial charge in [-0.3, -0.25) is 9.59 Å². The van der Waals surface area contributed by atoms with Gasteiger partial charge in [0.1, 0.15) is 6.50 Å². The van der Waals surface area contributed by atoms with Crippen molar-refractivity contribution in [2.75, 3.05) is 33.3 Å². The van der Waals surface area contributed by atoms with E-state index in [-0.39, 0.29) is 66.5 Å². The number of hydrogen-bond donors (Lipinski definition) is 0. The summed E-state index contributed by atoms with van der Waals surface area (Å²) in [6.45, 7) is -5.42. The maximum absolute atomic E-state index is 15.3. The number of amides is 1. The SMILES string of the molecule is [2H]c1c(C)c([2H])c2c(=O)c([2H])c(SC([2H])([2H])c3cccc(F)c3F)n(C([2H])([2H])C(=O)N(C3CCN(CCOC([2H])([2H])[2H])CC3)C([2H])([2H])c3ccc(-c4ccc(C(F)(F)F)cc4)cc3)c2c1[2H]. The van der Waals surface area contributed by atoms with Gasteiger partial charge in [0.25, 0.3) is 0 Å². The number of carbonyl (C=O) groups is 1. The van der Waals surface area contributed by atoms with Gasteiger partial charge in [-0.1, -0.05) is 60.1 Å². The summed E-state index contributed by atoms with van der Waals surface area (Å²) in [6, 6.07) is 7.04. The molecule has 1 aromatic heterocycles. The van der Waals surface area contributed by atoms with Crippen molar-refractivity contribution in [2.45, 2.75) is 55.7 Å². The van der Waals surface area contributed by atoms with Crippen LogP contribution in [0.1, 0.15) is 52.9 Å². The molecule has 0 spiro atoms. The van der Waals surface area contributed by atoms with E-state index < -0.39 is 112 Å². The molecule has 0 saturated carbocycles. The number of fused-ring (bicyclic) bond motifs is 1. The lowest BCUT2D eigenvalue weighted by Crippen LogP contribution is -2.48. The molecule has 278 valence electrons. The van der Waals surface area contributed by atoms with Gasteiger partial charge in [-0.2, -0.15) is 13.2 Å². The number of methoxy groups -OCH3 is 1. The van der Waals surface area contributed by atoms with Crippen molar-refractivity contribution < 1.29 is 49.3 Å². The van der Waals surface area contributed by atoms with Crippen LogP contribution >= 0.6 is 11.8 Å². The first-order valence-corrected chi connectivity index (χ1v) is 17.1. The minimum Gasteiger partial charge on any atom is -0.383 e. The van der Waals surface area contributed by atoms with Crippen LogP contribution in [-0.4, -0.2) is 59.6 Å². The number of hydrogen-bond acceptors (Lipinski definition) is 5. The molecule has 6 rings (SSSR count). The Morgan fingerprint density at radius 2 is 1.72 bits per heavy atom. The first-order valence-electron chi connectivity index (χ1n) is 22.8. The Hall–Kier alpha value is -4.52. The minimum absolute atomic E-state index is 0.0625. The normalized spacial score (nSPS) is 18.8. The van der Waals surface area contributed by atoms with Crippen molar-refractivity contribution in [1.82, 2.24) is 14.4 Å². The fourth-order valence-corrected chi connectivity index (χ4v) is 6.50. The third-order valence-corrected chi connectivity index (χ3v) is 9.34. The van der Waals surface area contributed by atoms with Gasteiger partial charge in [0.15, 0.2) is 17.1 Å². The highest BCUT2D eigenvalue weighted by atomic mass is 32.2. The topological polar surface area (TPSA) is 54.8 Å². The third-order valence-electron chi connectivity index (χ3n) is 8.54. The molecule has 5 aromatic rings. The van der Waals surface area contributed by atoms with E-state index in [1.54, 1.807) is 4.90 Å². The van der Waals surface area contributed by atoms with Gasteiger partial charge < -0.3 is 19.1 Å². The van der Waals surface area contributed by atoms with Crippen molar-refractivity contribution in [3.8, 4) is 11.1 Å². The average Bonchev–Trinajstić information content (AvgIpc) is 3.24. The van der Waals surface area contributed by atoms with Crippen LogP contribution in [0.2, 0.25) is 0 Å². The minimum atomic E-state index is -4.61. The number of piperidine rings is 1. The molecule has 0 bridgehead atoms. The van der Waals surface area contributed by atoms with Crippen LogP contribution in [0.25, 0.3) is 22.0 Å². The summed E-state index contributed by atoms with van der Waals surface area (Å²) >= 11 is -0.194. The molecular formula is C41H40F5N3O3S. The molecule has 1 fully saturated rings. The number of rotatable bonds is 12. The zero-order valence-electron chi connectivity index (χ0n) is 41.0. The molecule has 2 heterocycles. The fraction of sp³-hybridized carbons (Fsp3) is 0.317. The molecule has 1 amide bonds. The van der Waals surface area contributed by atoms with E-state index in [1.807, 2.05) is 0 Å². The molecule has 6 nitrogen and oxygen atoms in total. The molecule has 12 heteroatoms. The summed E-state index contributed by atoms with van der Waals surface area (Å²) in [5, 5.41) is -1.86. The number of aromatic nitrogens is 1. The van der Waals surface area contributed by atoms with Gasteiger partial charge in [-0.05, 0) is 66.7 Å². The van der Waals surface area contributed by atoms with Crippen molar-refractivity contribution in [2.24, 2.45) is 0 Å². The van der Waals surface area contributed by atoms with Gasteiger partial charge >= 0.3 is 6.18 Å². The third kappa shape index (κ3) is 9.17. The summed E-state index contributed by atoms with van der Waals surface area (Å²) < 4.78 is 187. The zero-order chi connectivity index (χ0) is 49.1. The summed E-state index contributed by atoms with van der Waals surface area (Å²) in [4.78, 5) is 31.6. The van der Waals surface area contributed by atoms with Crippen molar-refractivity contribution in [1.29, 1.82) is 0 Å². The molecule has 0 aliphatic carbocycles. The van der Waals surface area contributed by atoms with Crippen LogP contribution in [0.5, 0.6) is 0 Å². The van der Waals surface area contributed by atoms with E-state index in [2.05, 4.69) is 0 Å². The highest BCUT2D eigenvalue weighted by Crippen LogP contribution is 2.32. The number of likely N-dealkylation sites (tertiary alicyclic amines) is 1. The first-order chi connectivity index (χ1) is 30.5. The summed E-state index contributed by atoms with van der Waals surface area (Å²) in [7, 11) is -2.68. The number of alkyl halides is 3. The Bertz CT molecular complexity index is 2710. The summed E-state index contributed by atoms with van der Waals surface area (Å²) in [6.07, 6.45) is -4.73. The van der Waals surface area contributed by atoms with Gasteiger partial charge in [-0.25, -0.2) is 8.78 Å². The average molecular weight is 763 g/mol. The molecule has 0 unspecified atom stereocenters. The second-order valence-electron chi connectivity index (χ2n) is 12.1. The quantitative estimate of drug-likeness (QED) is 0.0941. The molecule has 0 atom stereocenters. The van der Waals surface area contributed by atoms with Crippen molar-refractivity contribution in [3.05, 3.63) is 135 Å². The largest absolute Gasteiger partial charge is 0.416 e. The van der Waals surface area contributed by atoms with Crippen LogP contribution in [0.4, 0.5) is 22.0 Å². The molecule has 4 aromatic carbocycles. The molecule has 1 aliphatic heterocycles. The second-order valence-corrected chi connectivity index (χ2v) is 12.9. The number of thioether (sulfide) groups is 1. The van der Waals surface area contributed by atoms with Crippen LogP contribution in [0, 0.1) is 18.6 Å². The van der Waals surface area contributed by atoms with E-state index in [0.29, 0.717) is 22.1 Å². The van der Waals surface area contributed by atoms with E-state index >= 15 is 9.18 Å². The number of halogens is 5. The monoisotopic (exact) mass is 762 g/mol. The first kappa shape index (κ1) is 24.7. The van der Waals surface area contributed by atoms with Crippen molar-refractivity contribution >= 4 is 28.6 Å². The van der Waals surface area contributed by atoms with E-state index in [9.17, 15) is 27.8 Å². The number of pyridine rings is 1. The zero-order valence-corrected chi connectivity index (χ0v) is 28.9. The molecule has 1 saturated heterocycles. The second kappa shape index (κ2) is 16.7. The van der Waals surface area contributed by atoms with E-state index in [1.165, 1.54) is 43.3 Å².